The molecule has 0 fully saturated rings. The fourth-order valence-corrected chi connectivity index (χ4v) is 5.96. The highest BCUT2D eigenvalue weighted by molar-refractivity contribution is 7.15. The van der Waals surface area contributed by atoms with Gasteiger partial charge in [-0.3, -0.25) is 4.79 Å². The van der Waals surface area contributed by atoms with E-state index in [0.717, 1.165) is 46.2 Å². The first-order valence-electron chi connectivity index (χ1n) is 13.0. The minimum absolute atomic E-state index is 0.189. The average Bonchev–Trinajstić information content (AvgIpc) is 3.76. The molecule has 7 nitrogen and oxygen atoms in total. The van der Waals surface area contributed by atoms with Crippen LogP contribution in [0.1, 0.15) is 38.2 Å². The van der Waals surface area contributed by atoms with Crippen LogP contribution in [-0.2, 0) is 0 Å². The summed E-state index contributed by atoms with van der Waals surface area (Å²) in [6, 6.07) is 21.7. The molecule has 0 N–H and O–H groups in total. The van der Waals surface area contributed by atoms with E-state index < -0.39 is 0 Å². The maximum Gasteiger partial charge on any atom is 0.291 e. The maximum atomic E-state index is 13.3. The van der Waals surface area contributed by atoms with E-state index in [1.54, 1.807) is 11.3 Å². The third-order valence-corrected chi connectivity index (χ3v) is 8.20. The predicted octanol–water partition coefficient (Wildman–Crippen LogP) is 6.24. The zero-order chi connectivity index (χ0) is 26.6. The number of ether oxygens (including phenoxy) is 1. The number of aromatic nitrogens is 5. The molecule has 4 heterocycles. The van der Waals surface area contributed by atoms with Crippen LogP contribution < -0.4 is 14.8 Å². The van der Waals surface area contributed by atoms with Gasteiger partial charge in [-0.2, -0.15) is 14.6 Å². The van der Waals surface area contributed by atoms with Gasteiger partial charge in [-0.15, -0.1) is 16.4 Å². The monoisotopic (exact) mass is 553 g/mol. The summed E-state index contributed by atoms with van der Waals surface area (Å²) in [5.74, 6) is 1.35. The van der Waals surface area contributed by atoms with Gasteiger partial charge in [0, 0.05) is 17.3 Å². The molecule has 0 amide bonds. The summed E-state index contributed by atoms with van der Waals surface area (Å²) in [5, 5.41) is 11.4. The summed E-state index contributed by atoms with van der Waals surface area (Å²) >= 11 is 2.95. The van der Waals surface area contributed by atoms with Crippen molar-refractivity contribution in [3.8, 4) is 33.4 Å². The highest BCUT2D eigenvalue weighted by atomic mass is 32.1. The Morgan fingerprint density at radius 2 is 1.79 bits per heavy atom. The van der Waals surface area contributed by atoms with Crippen molar-refractivity contribution in [3.05, 3.63) is 98.8 Å². The molecule has 6 rings (SSSR count). The number of thiophene rings is 1. The number of fused-ring (bicyclic) bond motifs is 1. The van der Waals surface area contributed by atoms with Gasteiger partial charge in [0.15, 0.2) is 5.82 Å². The summed E-state index contributed by atoms with van der Waals surface area (Å²) in [6.07, 6.45) is 8.53. The number of nitrogens with zero attached hydrogens (tertiary/aromatic N) is 5. The number of hydrogen-bond donors (Lipinski definition) is 0. The Morgan fingerprint density at radius 1 is 0.949 bits per heavy atom. The van der Waals surface area contributed by atoms with Crippen LogP contribution >= 0.6 is 22.7 Å². The topological polar surface area (TPSA) is 74.3 Å². The first-order valence-corrected chi connectivity index (χ1v) is 14.7. The van der Waals surface area contributed by atoms with Crippen molar-refractivity contribution in [2.24, 2.45) is 0 Å². The lowest BCUT2D eigenvalue weighted by Gasteiger charge is -2.06. The van der Waals surface area contributed by atoms with Crippen molar-refractivity contribution in [2.75, 3.05) is 6.61 Å². The molecule has 0 spiro atoms. The Balaban J connectivity index is 1.28. The van der Waals surface area contributed by atoms with E-state index in [2.05, 4.69) is 17.0 Å². The Hall–Kier alpha value is -4.08. The lowest BCUT2D eigenvalue weighted by molar-refractivity contribution is 0.305. The Kier molecular flexibility index (Phi) is 7.33. The van der Waals surface area contributed by atoms with Gasteiger partial charge in [-0.1, -0.05) is 61.8 Å². The van der Waals surface area contributed by atoms with Crippen molar-refractivity contribution in [1.29, 1.82) is 0 Å². The highest BCUT2D eigenvalue weighted by Gasteiger charge is 2.15. The Bertz CT molecular complexity index is 1790. The van der Waals surface area contributed by atoms with Gasteiger partial charge in [0.25, 0.3) is 5.56 Å². The van der Waals surface area contributed by atoms with Gasteiger partial charge in [0.05, 0.1) is 21.7 Å². The summed E-state index contributed by atoms with van der Waals surface area (Å²) in [4.78, 5) is 19.5. The minimum Gasteiger partial charge on any atom is -0.494 e. The van der Waals surface area contributed by atoms with E-state index in [1.165, 1.54) is 35.1 Å². The molecule has 4 aromatic heterocycles. The molecule has 0 unspecified atom stereocenters. The van der Waals surface area contributed by atoms with E-state index in [-0.39, 0.29) is 5.56 Å². The molecule has 0 aliphatic rings. The van der Waals surface area contributed by atoms with Crippen LogP contribution in [0.2, 0.25) is 0 Å². The minimum atomic E-state index is -0.189. The molecule has 0 aliphatic heterocycles. The maximum absolute atomic E-state index is 13.3. The number of para-hydroxylation sites is 1. The van der Waals surface area contributed by atoms with Crippen molar-refractivity contribution in [1.82, 2.24) is 24.4 Å². The first kappa shape index (κ1) is 25.2. The average molecular weight is 554 g/mol. The summed E-state index contributed by atoms with van der Waals surface area (Å²) in [5.41, 5.74) is 3.31. The van der Waals surface area contributed by atoms with E-state index in [9.17, 15) is 4.79 Å². The number of unbranched alkanes of at least 4 members (excludes halogenated alkanes) is 3. The van der Waals surface area contributed by atoms with Crippen LogP contribution in [0.5, 0.6) is 5.75 Å². The van der Waals surface area contributed by atoms with Crippen LogP contribution in [0.25, 0.3) is 38.7 Å². The Labute approximate surface area is 233 Å². The molecule has 196 valence electrons. The molecule has 0 atom stereocenters. The molecular weight excluding hydrogens is 526 g/mol. The molecule has 0 saturated heterocycles. The van der Waals surface area contributed by atoms with E-state index in [1.807, 2.05) is 89.1 Å². The zero-order valence-electron chi connectivity index (χ0n) is 21.5. The molecule has 0 radical (unpaired) electrons. The molecule has 39 heavy (non-hydrogen) atoms. The van der Waals surface area contributed by atoms with E-state index >= 15 is 0 Å². The quantitative estimate of drug-likeness (QED) is 0.188. The van der Waals surface area contributed by atoms with Crippen molar-refractivity contribution in [3.63, 3.8) is 0 Å². The van der Waals surface area contributed by atoms with E-state index in [4.69, 9.17) is 9.84 Å². The van der Waals surface area contributed by atoms with Crippen molar-refractivity contribution >= 4 is 33.7 Å². The number of thiazole rings is 1. The molecule has 2 aromatic carbocycles. The van der Waals surface area contributed by atoms with Gasteiger partial charge in [-0.25, -0.2) is 4.68 Å². The molecule has 6 aromatic rings. The van der Waals surface area contributed by atoms with Gasteiger partial charge in [-0.05, 0) is 60.3 Å². The number of benzene rings is 2. The lowest BCUT2D eigenvalue weighted by Crippen LogP contribution is -2.23. The number of rotatable bonds is 10. The third kappa shape index (κ3) is 5.41. The fraction of sp³-hybridized carbons (Fsp3) is 0.200. The molecule has 9 heteroatoms. The normalized spacial score (nSPS) is 12.0. The van der Waals surface area contributed by atoms with Gasteiger partial charge in [0.1, 0.15) is 11.4 Å². The molecule has 0 aliphatic carbocycles. The second-order valence-corrected chi connectivity index (χ2v) is 11.1. The third-order valence-electron chi connectivity index (χ3n) is 6.37. The molecular formula is C30H27N5O2S2. The predicted molar refractivity (Wildman–Crippen MR) is 158 cm³/mol. The van der Waals surface area contributed by atoms with Gasteiger partial charge >= 0.3 is 0 Å². The smallest absolute Gasteiger partial charge is 0.291 e. The summed E-state index contributed by atoms with van der Waals surface area (Å²) in [7, 11) is 0. The standard InChI is InChI=1S/C30H27N5O2S2/c1-2-3-4-8-17-37-24-15-13-21(14-16-24)28-31-30-35(33-28)29(36)26(39-30)19-22-20-34(23-10-6-5-7-11-23)32-27(22)25-12-9-18-38-25/h5-7,9-16,18-20H,2-4,8,17H2,1H3. The van der Waals surface area contributed by atoms with Crippen molar-refractivity contribution in [2.45, 2.75) is 32.6 Å². The summed E-state index contributed by atoms with van der Waals surface area (Å²) in [6.45, 7) is 2.92. The first-order chi connectivity index (χ1) is 19.2. The SMILES string of the molecule is CCCCCCOc1ccc(-c2nc3sc(=Cc4cn(-c5ccccc5)nc4-c4cccs4)c(=O)n3n2)cc1. The van der Waals surface area contributed by atoms with E-state index in [0.29, 0.717) is 15.3 Å². The van der Waals surface area contributed by atoms with Crippen LogP contribution in [0.4, 0.5) is 0 Å². The second kappa shape index (κ2) is 11.3. The zero-order valence-corrected chi connectivity index (χ0v) is 23.1. The van der Waals surface area contributed by atoms with Crippen LogP contribution in [0.15, 0.2) is 83.1 Å². The lowest BCUT2D eigenvalue weighted by atomic mass is 10.2. The van der Waals surface area contributed by atoms with Gasteiger partial charge in [0.2, 0.25) is 4.96 Å². The summed E-state index contributed by atoms with van der Waals surface area (Å²) < 4.78 is 9.64. The van der Waals surface area contributed by atoms with Crippen LogP contribution in [0, 0.1) is 0 Å². The molecule has 0 bridgehead atoms. The fourth-order valence-electron chi connectivity index (χ4n) is 4.33. The van der Waals surface area contributed by atoms with Gasteiger partial charge < -0.3 is 4.74 Å². The van der Waals surface area contributed by atoms with Crippen molar-refractivity contribution < 1.29 is 4.74 Å². The van der Waals surface area contributed by atoms with Crippen LogP contribution in [-0.4, -0.2) is 31.0 Å². The number of hydrogen-bond acceptors (Lipinski definition) is 7. The second-order valence-electron chi connectivity index (χ2n) is 9.17. The Morgan fingerprint density at radius 3 is 2.54 bits per heavy atom. The largest absolute Gasteiger partial charge is 0.494 e. The molecule has 0 saturated carbocycles. The van der Waals surface area contributed by atoms with Crippen LogP contribution in [0.3, 0.4) is 0 Å². The highest BCUT2D eigenvalue weighted by Crippen LogP contribution is 2.28.